The standard InChI is InChI=1S/C26H22BrN3O/c1-16-6-10-18(11-7-16)15-30-25(20-4-3-5-21(27)14-20)22-23(28-29-24(22)26(30)31)19-12-8-17(2)9-13-19/h3-14,25H,15H2,1-2H3,(H,28,29). The number of carbonyl (C=O) groups is 1. The van der Waals surface area contributed by atoms with Gasteiger partial charge in [0.2, 0.25) is 0 Å². The van der Waals surface area contributed by atoms with Gasteiger partial charge in [-0.3, -0.25) is 9.89 Å². The third kappa shape index (κ3) is 3.59. The number of carbonyl (C=O) groups excluding carboxylic acids is 1. The number of amides is 1. The van der Waals surface area contributed by atoms with Crippen molar-refractivity contribution in [2.24, 2.45) is 0 Å². The van der Waals surface area contributed by atoms with Crippen LogP contribution in [0.5, 0.6) is 0 Å². The molecule has 2 heterocycles. The van der Waals surface area contributed by atoms with E-state index in [1.807, 2.05) is 17.0 Å². The summed E-state index contributed by atoms with van der Waals surface area (Å²) in [6.07, 6.45) is 0. The monoisotopic (exact) mass is 471 g/mol. The SMILES string of the molecule is Cc1ccc(CN2C(=O)c3[nH]nc(-c4ccc(C)cc4)c3C2c2cccc(Br)c2)cc1. The van der Waals surface area contributed by atoms with Crippen molar-refractivity contribution in [2.75, 3.05) is 0 Å². The highest BCUT2D eigenvalue weighted by Crippen LogP contribution is 2.43. The number of aromatic nitrogens is 2. The fourth-order valence-electron chi connectivity index (χ4n) is 4.20. The Morgan fingerprint density at radius 2 is 1.65 bits per heavy atom. The first-order chi connectivity index (χ1) is 15.0. The first kappa shape index (κ1) is 19.8. The van der Waals surface area contributed by atoms with Gasteiger partial charge in [-0.15, -0.1) is 0 Å². The van der Waals surface area contributed by atoms with E-state index in [2.05, 4.69) is 101 Å². The van der Waals surface area contributed by atoms with Crippen molar-refractivity contribution >= 4 is 21.8 Å². The average Bonchev–Trinajstić information content (AvgIpc) is 3.30. The third-order valence-electron chi connectivity index (χ3n) is 5.83. The van der Waals surface area contributed by atoms with E-state index in [0.29, 0.717) is 12.2 Å². The molecule has 4 nitrogen and oxygen atoms in total. The molecule has 1 aliphatic heterocycles. The summed E-state index contributed by atoms with van der Waals surface area (Å²) in [5.74, 6) is -0.0218. The Labute approximate surface area is 190 Å². The van der Waals surface area contributed by atoms with Crippen molar-refractivity contribution < 1.29 is 4.79 Å². The van der Waals surface area contributed by atoms with Gasteiger partial charge >= 0.3 is 0 Å². The zero-order valence-corrected chi connectivity index (χ0v) is 19.0. The average molecular weight is 472 g/mol. The smallest absolute Gasteiger partial charge is 0.273 e. The highest BCUT2D eigenvalue weighted by molar-refractivity contribution is 9.10. The van der Waals surface area contributed by atoms with Crippen molar-refractivity contribution in [2.45, 2.75) is 26.4 Å². The van der Waals surface area contributed by atoms with Crippen LogP contribution >= 0.6 is 15.9 Å². The predicted molar refractivity (Wildman–Crippen MR) is 126 cm³/mol. The van der Waals surface area contributed by atoms with Crippen LogP contribution < -0.4 is 0 Å². The minimum absolute atomic E-state index is 0.0218. The van der Waals surface area contributed by atoms with Gasteiger partial charge in [0.1, 0.15) is 5.69 Å². The van der Waals surface area contributed by atoms with Gasteiger partial charge in [0.25, 0.3) is 5.91 Å². The molecule has 31 heavy (non-hydrogen) atoms. The molecule has 1 unspecified atom stereocenters. The van der Waals surface area contributed by atoms with Gasteiger partial charge in [-0.2, -0.15) is 5.10 Å². The lowest BCUT2D eigenvalue weighted by Gasteiger charge is -2.26. The topological polar surface area (TPSA) is 49.0 Å². The van der Waals surface area contributed by atoms with E-state index in [0.717, 1.165) is 32.4 Å². The third-order valence-corrected chi connectivity index (χ3v) is 6.32. The number of aryl methyl sites for hydroxylation is 2. The minimum Gasteiger partial charge on any atom is -0.322 e. The van der Waals surface area contributed by atoms with Gasteiger partial charge < -0.3 is 4.90 Å². The Kier molecular flexibility index (Phi) is 4.98. The molecule has 0 aliphatic carbocycles. The van der Waals surface area contributed by atoms with Gasteiger partial charge in [0.15, 0.2) is 0 Å². The number of hydrogen-bond donors (Lipinski definition) is 1. The molecule has 0 radical (unpaired) electrons. The number of hydrogen-bond acceptors (Lipinski definition) is 2. The molecule has 1 aliphatic rings. The van der Waals surface area contributed by atoms with Gasteiger partial charge in [-0.1, -0.05) is 87.7 Å². The van der Waals surface area contributed by atoms with Crippen molar-refractivity contribution in [1.29, 1.82) is 0 Å². The van der Waals surface area contributed by atoms with Crippen molar-refractivity contribution in [3.63, 3.8) is 0 Å². The molecule has 0 saturated carbocycles. The van der Waals surface area contributed by atoms with Crippen LogP contribution in [0.4, 0.5) is 0 Å². The lowest BCUT2D eigenvalue weighted by Crippen LogP contribution is -2.29. The molecule has 1 atom stereocenters. The molecule has 5 rings (SSSR count). The Morgan fingerprint density at radius 3 is 2.32 bits per heavy atom. The van der Waals surface area contributed by atoms with E-state index >= 15 is 0 Å². The molecule has 0 spiro atoms. The molecular weight excluding hydrogens is 450 g/mol. The second-order valence-electron chi connectivity index (χ2n) is 8.10. The van der Waals surface area contributed by atoms with Crippen molar-refractivity contribution in [3.05, 3.63) is 111 Å². The summed E-state index contributed by atoms with van der Waals surface area (Å²) in [6, 6.07) is 24.6. The predicted octanol–water partition coefficient (Wildman–Crippen LogP) is 6.20. The van der Waals surface area contributed by atoms with Crippen LogP contribution in [0.3, 0.4) is 0 Å². The zero-order valence-electron chi connectivity index (χ0n) is 17.4. The maximum Gasteiger partial charge on any atom is 0.273 e. The fraction of sp³-hybridized carbons (Fsp3) is 0.154. The van der Waals surface area contributed by atoms with E-state index < -0.39 is 0 Å². The summed E-state index contributed by atoms with van der Waals surface area (Å²) in [6.45, 7) is 4.67. The summed E-state index contributed by atoms with van der Waals surface area (Å²) in [5, 5.41) is 7.59. The van der Waals surface area contributed by atoms with Gasteiger partial charge in [-0.05, 0) is 37.1 Å². The normalized spacial score (nSPS) is 15.4. The van der Waals surface area contributed by atoms with Crippen LogP contribution in [-0.4, -0.2) is 21.0 Å². The summed E-state index contributed by atoms with van der Waals surface area (Å²) >= 11 is 3.59. The van der Waals surface area contributed by atoms with Gasteiger partial charge in [0.05, 0.1) is 11.7 Å². The highest BCUT2D eigenvalue weighted by atomic mass is 79.9. The number of H-pyrrole nitrogens is 1. The van der Waals surface area contributed by atoms with Crippen LogP contribution in [0.1, 0.15) is 44.3 Å². The van der Waals surface area contributed by atoms with E-state index in [1.54, 1.807) is 0 Å². The number of aromatic amines is 1. The number of nitrogens with zero attached hydrogens (tertiary/aromatic N) is 2. The number of halogens is 1. The molecule has 4 aromatic rings. The maximum absolute atomic E-state index is 13.5. The van der Waals surface area contributed by atoms with Crippen LogP contribution in [0.25, 0.3) is 11.3 Å². The van der Waals surface area contributed by atoms with Crippen molar-refractivity contribution in [3.8, 4) is 11.3 Å². The second-order valence-corrected chi connectivity index (χ2v) is 9.02. The molecule has 154 valence electrons. The quantitative estimate of drug-likeness (QED) is 0.385. The molecule has 3 aromatic carbocycles. The number of benzene rings is 3. The fourth-order valence-corrected chi connectivity index (χ4v) is 4.62. The van der Waals surface area contributed by atoms with Crippen LogP contribution in [0.2, 0.25) is 0 Å². The molecule has 1 amide bonds. The molecule has 1 N–H and O–H groups in total. The Hall–Kier alpha value is -3.18. The van der Waals surface area contributed by atoms with Crippen molar-refractivity contribution in [1.82, 2.24) is 15.1 Å². The lowest BCUT2D eigenvalue weighted by molar-refractivity contribution is 0.0730. The summed E-state index contributed by atoms with van der Waals surface area (Å²) < 4.78 is 0.988. The Balaban J connectivity index is 1.64. The maximum atomic E-state index is 13.5. The van der Waals surface area contributed by atoms with Gasteiger partial charge in [0, 0.05) is 22.1 Å². The first-order valence-corrected chi connectivity index (χ1v) is 11.1. The second kappa shape index (κ2) is 7.82. The minimum atomic E-state index is -0.212. The van der Waals surface area contributed by atoms with Gasteiger partial charge in [-0.25, -0.2) is 0 Å². The summed E-state index contributed by atoms with van der Waals surface area (Å²) in [4.78, 5) is 15.4. The Bertz CT molecular complexity index is 1260. The van der Waals surface area contributed by atoms with E-state index in [1.165, 1.54) is 11.1 Å². The summed E-state index contributed by atoms with van der Waals surface area (Å²) in [5.41, 5.74) is 7.92. The molecule has 1 aromatic heterocycles. The van der Waals surface area contributed by atoms with Crippen LogP contribution in [0.15, 0.2) is 77.3 Å². The first-order valence-electron chi connectivity index (χ1n) is 10.3. The largest absolute Gasteiger partial charge is 0.322 e. The van der Waals surface area contributed by atoms with Crippen LogP contribution in [0, 0.1) is 13.8 Å². The molecule has 5 heteroatoms. The zero-order chi connectivity index (χ0) is 21.5. The highest BCUT2D eigenvalue weighted by Gasteiger charge is 2.42. The number of nitrogens with one attached hydrogen (secondary N) is 1. The van der Waals surface area contributed by atoms with Crippen LogP contribution in [-0.2, 0) is 6.54 Å². The molecular formula is C26H22BrN3O. The lowest BCUT2D eigenvalue weighted by atomic mass is 9.95. The number of rotatable bonds is 4. The summed E-state index contributed by atoms with van der Waals surface area (Å²) in [7, 11) is 0. The Morgan fingerprint density at radius 1 is 0.968 bits per heavy atom. The number of fused-ring (bicyclic) bond motifs is 1. The molecule has 0 saturated heterocycles. The molecule has 0 fully saturated rings. The van der Waals surface area contributed by atoms with E-state index in [4.69, 9.17) is 0 Å². The van der Waals surface area contributed by atoms with E-state index in [9.17, 15) is 4.79 Å². The van der Waals surface area contributed by atoms with E-state index in [-0.39, 0.29) is 11.9 Å². The molecule has 0 bridgehead atoms.